The van der Waals surface area contributed by atoms with Gasteiger partial charge in [-0.2, -0.15) is 13.2 Å². The number of rotatable bonds is 2. The summed E-state index contributed by atoms with van der Waals surface area (Å²) in [4.78, 5) is 13.5. The van der Waals surface area contributed by atoms with Crippen molar-refractivity contribution in [1.29, 1.82) is 0 Å². The molecule has 0 aliphatic carbocycles. The van der Waals surface area contributed by atoms with E-state index in [1.54, 1.807) is 0 Å². The van der Waals surface area contributed by atoms with Crippen LogP contribution in [-0.2, 0) is 4.79 Å². The highest BCUT2D eigenvalue weighted by molar-refractivity contribution is 6.70. The molecule has 1 atom stereocenters. The minimum atomic E-state index is -5.52. The highest BCUT2D eigenvalue weighted by atomic mass is 35.5. The minimum absolute atomic E-state index is 2.00. The number of hydrogen-bond acceptors (Lipinski definition) is 3. The number of carbonyl (C=O) groups excluding carboxylic acids is 1. The Morgan fingerprint density at radius 1 is 1.42 bits per heavy atom. The van der Waals surface area contributed by atoms with Gasteiger partial charge >= 0.3 is 16.4 Å². The molecule has 0 bridgehead atoms. The van der Waals surface area contributed by atoms with E-state index in [4.69, 9.17) is 0 Å². The zero-order valence-corrected chi connectivity index (χ0v) is 6.57. The second-order valence-electron chi connectivity index (χ2n) is 1.65. The first-order chi connectivity index (χ1) is 5.14. The molecule has 0 heterocycles. The van der Waals surface area contributed by atoms with Gasteiger partial charge in [0.15, 0.2) is 0 Å². The molecule has 0 aromatic heterocycles. The van der Waals surface area contributed by atoms with Crippen molar-refractivity contribution in [2.75, 3.05) is 0 Å². The Morgan fingerprint density at radius 3 is 1.75 bits per heavy atom. The molecule has 0 aliphatic heterocycles. The summed E-state index contributed by atoms with van der Waals surface area (Å²) in [6.07, 6.45) is -5.52. The van der Waals surface area contributed by atoms with Gasteiger partial charge in [-0.15, -0.1) is 0 Å². The predicted octanol–water partition coefficient (Wildman–Crippen LogP) is 1.53. The van der Waals surface area contributed by atoms with Gasteiger partial charge in [-0.3, -0.25) is 14.9 Å². The zero-order chi connectivity index (χ0) is 10.2. The SMILES string of the molecule is O=C(Cl)C(Cl)([N+](=O)[O-])C(F)(F)F. The molecule has 4 nitrogen and oxygen atoms in total. The van der Waals surface area contributed by atoms with Gasteiger partial charge in [0, 0.05) is 0 Å². The molecule has 0 saturated heterocycles. The second-order valence-corrected chi connectivity index (χ2v) is 2.54. The molecule has 0 aliphatic rings. The lowest BCUT2D eigenvalue weighted by molar-refractivity contribution is -0.564. The molecule has 0 fully saturated rings. The van der Waals surface area contributed by atoms with Crippen molar-refractivity contribution in [2.45, 2.75) is 11.2 Å². The number of carbonyl (C=O) groups is 1. The van der Waals surface area contributed by atoms with Crippen LogP contribution in [0.3, 0.4) is 0 Å². The van der Waals surface area contributed by atoms with Gasteiger partial charge in [-0.1, -0.05) is 0 Å². The van der Waals surface area contributed by atoms with Gasteiger partial charge in [-0.05, 0) is 23.2 Å². The lowest BCUT2D eigenvalue weighted by Crippen LogP contribution is -2.51. The number of nitro groups is 1. The fourth-order valence-corrected chi connectivity index (χ4v) is 0.463. The van der Waals surface area contributed by atoms with Gasteiger partial charge < -0.3 is 0 Å². The van der Waals surface area contributed by atoms with E-state index in [-0.39, 0.29) is 0 Å². The summed E-state index contributed by atoms with van der Waals surface area (Å²) in [5.74, 6) is 0. The Bertz CT molecular complexity index is 213. The van der Waals surface area contributed by atoms with Crippen molar-refractivity contribution in [3.05, 3.63) is 10.1 Å². The molecule has 0 amide bonds. The maximum absolute atomic E-state index is 11.7. The molecule has 0 saturated carbocycles. The molecule has 12 heavy (non-hydrogen) atoms. The Kier molecular flexibility index (Phi) is 2.92. The second kappa shape index (κ2) is 3.06. The van der Waals surface area contributed by atoms with Crippen LogP contribution in [0.5, 0.6) is 0 Å². The van der Waals surface area contributed by atoms with Crippen molar-refractivity contribution in [2.24, 2.45) is 0 Å². The summed E-state index contributed by atoms with van der Waals surface area (Å²) in [5.41, 5.74) is 0. The van der Waals surface area contributed by atoms with E-state index in [1.165, 1.54) is 0 Å². The van der Waals surface area contributed by atoms with E-state index in [9.17, 15) is 28.1 Å². The van der Waals surface area contributed by atoms with Gasteiger partial charge in [-0.25, -0.2) is 0 Å². The largest absolute Gasteiger partial charge is 0.486 e. The monoisotopic (exact) mass is 225 g/mol. The maximum Gasteiger partial charge on any atom is 0.486 e. The summed E-state index contributed by atoms with van der Waals surface area (Å²) in [6, 6.07) is 0. The number of alkyl halides is 4. The maximum atomic E-state index is 11.7. The number of hydrogen-bond donors (Lipinski definition) is 0. The van der Waals surface area contributed by atoms with Gasteiger partial charge in [0.1, 0.15) is 0 Å². The molecule has 0 rings (SSSR count). The highest BCUT2D eigenvalue weighted by Gasteiger charge is 2.70. The van der Waals surface area contributed by atoms with E-state index >= 15 is 0 Å². The zero-order valence-electron chi connectivity index (χ0n) is 5.06. The quantitative estimate of drug-likeness (QED) is 0.236. The molecule has 0 spiro atoms. The normalized spacial score (nSPS) is 16.8. The Balaban J connectivity index is 5.17. The van der Waals surface area contributed by atoms with Crippen molar-refractivity contribution in [1.82, 2.24) is 0 Å². The first kappa shape index (κ1) is 11.4. The molecular formula is C3Cl2F3NO3. The smallest absolute Gasteiger partial charge is 0.271 e. The van der Waals surface area contributed by atoms with Gasteiger partial charge in [0.25, 0.3) is 0 Å². The van der Waals surface area contributed by atoms with Crippen LogP contribution in [0, 0.1) is 10.1 Å². The van der Waals surface area contributed by atoms with E-state index in [0.717, 1.165) is 0 Å². The van der Waals surface area contributed by atoms with Crippen molar-refractivity contribution in [3.63, 3.8) is 0 Å². The average molecular weight is 226 g/mol. The topological polar surface area (TPSA) is 60.2 Å². The van der Waals surface area contributed by atoms with Crippen LogP contribution < -0.4 is 0 Å². The van der Waals surface area contributed by atoms with Crippen LogP contribution in [0.15, 0.2) is 0 Å². The summed E-state index contributed by atoms with van der Waals surface area (Å²) in [7, 11) is 0. The van der Waals surface area contributed by atoms with Crippen LogP contribution in [-0.4, -0.2) is 21.3 Å². The van der Waals surface area contributed by atoms with Gasteiger partial charge in [0.2, 0.25) is 0 Å². The van der Waals surface area contributed by atoms with E-state index < -0.39 is 21.3 Å². The number of nitrogens with zero attached hydrogens (tertiary/aromatic N) is 1. The molecule has 1 unspecified atom stereocenters. The molecule has 0 radical (unpaired) electrons. The molecule has 0 aromatic rings. The van der Waals surface area contributed by atoms with Crippen molar-refractivity contribution >= 4 is 28.4 Å². The van der Waals surface area contributed by atoms with Crippen LogP contribution in [0.25, 0.3) is 0 Å². The average Bonchev–Trinajstić information content (AvgIpc) is 1.82. The Morgan fingerprint density at radius 2 is 1.75 bits per heavy atom. The van der Waals surface area contributed by atoms with Crippen LogP contribution >= 0.6 is 23.2 Å². The lowest BCUT2D eigenvalue weighted by Gasteiger charge is -2.16. The lowest BCUT2D eigenvalue weighted by atomic mass is 10.3. The number of halogens is 5. The third-order valence-corrected chi connectivity index (χ3v) is 1.78. The van der Waals surface area contributed by atoms with Crippen LogP contribution in [0.2, 0.25) is 0 Å². The molecule has 9 heteroatoms. The van der Waals surface area contributed by atoms with E-state index in [2.05, 4.69) is 23.2 Å². The third kappa shape index (κ3) is 1.61. The molecule has 0 N–H and O–H groups in total. The molecular weight excluding hydrogens is 226 g/mol. The summed E-state index contributed by atoms with van der Waals surface area (Å²) in [5, 5.41) is 7.47. The van der Waals surface area contributed by atoms with Crippen molar-refractivity contribution < 1.29 is 22.9 Å². The highest BCUT2D eigenvalue weighted by Crippen LogP contribution is 2.38. The Hall–Kier alpha value is -0.560. The summed E-state index contributed by atoms with van der Waals surface area (Å²) < 4.78 is 35.2. The molecule has 70 valence electrons. The Labute approximate surface area is 73.4 Å². The van der Waals surface area contributed by atoms with E-state index in [0.29, 0.717) is 0 Å². The fraction of sp³-hybridized carbons (Fsp3) is 0.667. The van der Waals surface area contributed by atoms with Crippen LogP contribution in [0.4, 0.5) is 13.2 Å². The van der Waals surface area contributed by atoms with Crippen LogP contribution in [0.1, 0.15) is 0 Å². The van der Waals surface area contributed by atoms with E-state index in [1.807, 2.05) is 0 Å². The van der Waals surface area contributed by atoms with Crippen molar-refractivity contribution in [3.8, 4) is 0 Å². The first-order valence-corrected chi connectivity index (χ1v) is 2.99. The van der Waals surface area contributed by atoms with Gasteiger partial charge in [0.05, 0.1) is 4.92 Å². The predicted molar refractivity (Wildman–Crippen MR) is 32.5 cm³/mol. The fourth-order valence-electron chi connectivity index (χ4n) is 0.287. The molecule has 0 aromatic carbocycles. The standard InChI is InChI=1S/C3Cl2F3NO3/c4-1(10)2(5,9(11)12)3(6,7)8. The third-order valence-electron chi connectivity index (χ3n) is 0.888. The first-order valence-electron chi connectivity index (χ1n) is 2.24. The minimum Gasteiger partial charge on any atom is -0.271 e. The summed E-state index contributed by atoms with van der Waals surface area (Å²) in [6.45, 7) is 0. The summed E-state index contributed by atoms with van der Waals surface area (Å²) >= 11 is 8.71.